The Kier molecular flexibility index (Phi) is 2.57. The van der Waals surface area contributed by atoms with E-state index in [4.69, 9.17) is 4.52 Å². The highest BCUT2D eigenvalue weighted by molar-refractivity contribution is 5.45. The van der Waals surface area contributed by atoms with Crippen molar-refractivity contribution >= 4 is 0 Å². The highest BCUT2D eigenvalue weighted by Gasteiger charge is 2.40. The largest absolute Gasteiger partial charge is 0.339 e. The van der Waals surface area contributed by atoms with Crippen LogP contribution in [0, 0.1) is 17.8 Å². The lowest BCUT2D eigenvalue weighted by atomic mass is 9.86. The average molecular weight is 256 g/mol. The molecule has 2 aliphatic carbocycles. The van der Waals surface area contributed by atoms with Crippen molar-refractivity contribution in [2.24, 2.45) is 17.8 Å². The summed E-state index contributed by atoms with van der Waals surface area (Å²) in [6.07, 6.45) is 11.4. The fraction of sp³-hybridized carbons (Fsp3) is 0.571. The molecule has 0 amide bonds. The summed E-state index contributed by atoms with van der Waals surface area (Å²) in [4.78, 5) is 12.7. The number of fused-ring (bicyclic) bond motifs is 2. The van der Waals surface area contributed by atoms with Gasteiger partial charge >= 0.3 is 0 Å². The van der Waals surface area contributed by atoms with Crippen LogP contribution in [0.5, 0.6) is 0 Å². The lowest BCUT2D eigenvalue weighted by Crippen LogP contribution is -2.13. The molecule has 0 spiro atoms. The normalized spacial score (nSPS) is 28.9. The monoisotopic (exact) mass is 256 g/mol. The fourth-order valence-electron chi connectivity index (χ4n) is 3.71. The molecule has 0 unspecified atom stereocenters. The molecule has 4 rings (SSSR count). The van der Waals surface area contributed by atoms with Gasteiger partial charge in [-0.1, -0.05) is 11.6 Å². The van der Waals surface area contributed by atoms with Gasteiger partial charge in [-0.3, -0.25) is 4.98 Å². The Morgan fingerprint density at radius 3 is 2.95 bits per heavy atom. The van der Waals surface area contributed by atoms with Gasteiger partial charge in [0.25, 0.3) is 0 Å². The van der Waals surface area contributed by atoms with Crippen LogP contribution in [0.1, 0.15) is 31.6 Å². The third-order valence-electron chi connectivity index (χ3n) is 4.58. The Morgan fingerprint density at radius 1 is 1.21 bits per heavy atom. The summed E-state index contributed by atoms with van der Waals surface area (Å²) >= 11 is 0. The predicted molar refractivity (Wildman–Crippen MR) is 68.0 cm³/mol. The summed E-state index contributed by atoms with van der Waals surface area (Å²) in [5.41, 5.74) is 0.672. The van der Waals surface area contributed by atoms with Crippen molar-refractivity contribution in [1.29, 1.82) is 0 Å². The molecule has 2 heterocycles. The summed E-state index contributed by atoms with van der Waals surface area (Å²) in [7, 11) is 0. The average Bonchev–Trinajstić information content (AvgIpc) is 3.16. The van der Waals surface area contributed by atoms with E-state index in [0.29, 0.717) is 11.5 Å². The SMILES string of the molecule is c1cnc(-c2noc(C[C@@H]3C[C@H]4CC[C@H]3C4)n2)cn1. The van der Waals surface area contributed by atoms with Gasteiger partial charge in [-0.15, -0.1) is 0 Å². The van der Waals surface area contributed by atoms with E-state index in [0.717, 1.165) is 30.1 Å². The molecule has 5 heteroatoms. The van der Waals surface area contributed by atoms with E-state index in [1.807, 2.05) is 0 Å². The molecule has 2 fully saturated rings. The predicted octanol–water partition coefficient (Wildman–Crippen LogP) is 2.51. The maximum absolute atomic E-state index is 5.36. The summed E-state index contributed by atoms with van der Waals surface area (Å²) in [5.74, 6) is 3.88. The first-order valence-corrected chi connectivity index (χ1v) is 6.97. The van der Waals surface area contributed by atoms with Gasteiger partial charge in [0.1, 0.15) is 5.69 Å². The van der Waals surface area contributed by atoms with Gasteiger partial charge in [-0.25, -0.2) is 4.98 Å². The fourth-order valence-corrected chi connectivity index (χ4v) is 3.71. The quantitative estimate of drug-likeness (QED) is 0.844. The van der Waals surface area contributed by atoms with Crippen molar-refractivity contribution in [3.63, 3.8) is 0 Å². The van der Waals surface area contributed by atoms with Crippen LogP contribution < -0.4 is 0 Å². The van der Waals surface area contributed by atoms with Crippen LogP contribution in [0.3, 0.4) is 0 Å². The smallest absolute Gasteiger partial charge is 0.227 e. The van der Waals surface area contributed by atoms with Crippen LogP contribution in [0.2, 0.25) is 0 Å². The van der Waals surface area contributed by atoms with Gasteiger partial charge < -0.3 is 4.52 Å². The van der Waals surface area contributed by atoms with Gasteiger partial charge in [-0.2, -0.15) is 4.98 Å². The molecule has 19 heavy (non-hydrogen) atoms. The standard InChI is InChI=1S/C14H16N4O/c1-2-10-5-9(1)6-11(10)7-13-17-14(18-19-13)12-8-15-3-4-16-12/h3-4,8-11H,1-2,5-7H2/t9-,10-,11-/m0/s1. The molecule has 5 nitrogen and oxygen atoms in total. The lowest BCUT2D eigenvalue weighted by molar-refractivity contribution is 0.288. The first-order valence-electron chi connectivity index (χ1n) is 6.97. The Labute approximate surface area is 111 Å². The molecular formula is C14H16N4O. The van der Waals surface area contributed by atoms with Crippen LogP contribution in [0.4, 0.5) is 0 Å². The van der Waals surface area contributed by atoms with Crippen LogP contribution in [-0.2, 0) is 6.42 Å². The lowest BCUT2D eigenvalue weighted by Gasteiger charge is -2.19. The number of hydrogen-bond acceptors (Lipinski definition) is 5. The highest BCUT2D eigenvalue weighted by atomic mass is 16.5. The molecular weight excluding hydrogens is 240 g/mol. The van der Waals surface area contributed by atoms with E-state index < -0.39 is 0 Å². The Morgan fingerprint density at radius 2 is 2.21 bits per heavy atom. The van der Waals surface area contributed by atoms with E-state index in [9.17, 15) is 0 Å². The van der Waals surface area contributed by atoms with E-state index in [2.05, 4.69) is 20.1 Å². The topological polar surface area (TPSA) is 64.7 Å². The molecule has 3 atom stereocenters. The molecule has 0 radical (unpaired) electrons. The molecule has 0 saturated heterocycles. The van der Waals surface area contributed by atoms with Gasteiger partial charge in [0.05, 0.1) is 6.20 Å². The highest BCUT2D eigenvalue weighted by Crippen LogP contribution is 2.49. The minimum absolute atomic E-state index is 0.547. The molecule has 2 aromatic heterocycles. The summed E-state index contributed by atoms with van der Waals surface area (Å²) < 4.78 is 5.36. The molecule has 2 aromatic rings. The molecule has 2 bridgehead atoms. The molecule has 0 aliphatic heterocycles. The summed E-state index contributed by atoms with van der Waals surface area (Å²) in [6, 6.07) is 0. The van der Waals surface area contributed by atoms with Gasteiger partial charge in [0.2, 0.25) is 11.7 Å². The van der Waals surface area contributed by atoms with Crippen molar-refractivity contribution in [3.8, 4) is 11.5 Å². The number of hydrogen-bond donors (Lipinski definition) is 0. The molecule has 2 saturated carbocycles. The minimum Gasteiger partial charge on any atom is -0.339 e. The molecule has 2 aliphatic rings. The number of nitrogens with zero attached hydrogens (tertiary/aromatic N) is 4. The third kappa shape index (κ3) is 2.03. The van der Waals surface area contributed by atoms with Crippen LogP contribution in [0.25, 0.3) is 11.5 Å². The zero-order chi connectivity index (χ0) is 12.7. The Bertz CT molecular complexity index is 568. The number of aromatic nitrogens is 4. The Hall–Kier alpha value is -1.78. The zero-order valence-electron chi connectivity index (χ0n) is 10.7. The van der Waals surface area contributed by atoms with Crippen molar-refractivity contribution in [2.75, 3.05) is 0 Å². The van der Waals surface area contributed by atoms with E-state index in [1.54, 1.807) is 18.6 Å². The Balaban J connectivity index is 1.50. The molecule has 98 valence electrons. The maximum atomic E-state index is 5.36. The molecule has 0 N–H and O–H groups in total. The maximum Gasteiger partial charge on any atom is 0.227 e. The van der Waals surface area contributed by atoms with Crippen molar-refractivity contribution in [3.05, 3.63) is 24.5 Å². The van der Waals surface area contributed by atoms with Gasteiger partial charge in [-0.05, 0) is 37.0 Å². The van der Waals surface area contributed by atoms with E-state index >= 15 is 0 Å². The van der Waals surface area contributed by atoms with Gasteiger partial charge in [0, 0.05) is 18.8 Å². The van der Waals surface area contributed by atoms with Crippen molar-refractivity contribution < 1.29 is 4.52 Å². The van der Waals surface area contributed by atoms with Crippen LogP contribution in [-0.4, -0.2) is 20.1 Å². The second kappa shape index (κ2) is 4.40. The second-order valence-electron chi connectivity index (χ2n) is 5.74. The van der Waals surface area contributed by atoms with Crippen molar-refractivity contribution in [1.82, 2.24) is 20.1 Å². The van der Waals surface area contributed by atoms with Crippen LogP contribution in [0.15, 0.2) is 23.1 Å². The zero-order valence-corrected chi connectivity index (χ0v) is 10.7. The number of rotatable bonds is 3. The second-order valence-corrected chi connectivity index (χ2v) is 5.74. The van der Waals surface area contributed by atoms with Crippen LogP contribution >= 0.6 is 0 Å². The van der Waals surface area contributed by atoms with Crippen molar-refractivity contribution in [2.45, 2.75) is 32.1 Å². The molecule has 0 aromatic carbocycles. The first kappa shape index (κ1) is 11.1. The first-order chi connectivity index (χ1) is 9.38. The minimum atomic E-state index is 0.547. The van der Waals surface area contributed by atoms with E-state index in [1.165, 1.54) is 25.7 Å². The summed E-state index contributed by atoms with van der Waals surface area (Å²) in [5, 5.41) is 4.00. The summed E-state index contributed by atoms with van der Waals surface area (Å²) in [6.45, 7) is 0. The third-order valence-corrected chi connectivity index (χ3v) is 4.58. The van der Waals surface area contributed by atoms with Gasteiger partial charge in [0.15, 0.2) is 0 Å². The van der Waals surface area contributed by atoms with E-state index in [-0.39, 0.29) is 0 Å².